The molecule has 0 atom stereocenters. The van der Waals surface area contributed by atoms with Gasteiger partial charge in [-0.3, -0.25) is 4.79 Å². The number of nitrogens with zero attached hydrogens (tertiary/aromatic N) is 3. The van der Waals surface area contributed by atoms with E-state index in [2.05, 4.69) is 30.6 Å². The number of carbonyl (C=O) groups excluding carboxylic acids is 1. The van der Waals surface area contributed by atoms with Crippen LogP contribution >= 0.6 is 11.6 Å². The van der Waals surface area contributed by atoms with E-state index in [1.54, 1.807) is 12.3 Å². The first kappa shape index (κ1) is 13.4. The molecular formula is C12H11ClN6O2. The molecule has 0 aliphatic heterocycles. The summed E-state index contributed by atoms with van der Waals surface area (Å²) in [5.41, 5.74) is 0.820. The van der Waals surface area contributed by atoms with Crippen LogP contribution in [0, 0.1) is 0 Å². The second kappa shape index (κ2) is 5.41. The van der Waals surface area contributed by atoms with Gasteiger partial charge in [0, 0.05) is 7.05 Å². The quantitative estimate of drug-likeness (QED) is 0.631. The van der Waals surface area contributed by atoms with E-state index in [9.17, 15) is 4.79 Å². The smallest absolute Gasteiger partial charge is 0.286 e. The van der Waals surface area contributed by atoms with E-state index in [0.29, 0.717) is 23.5 Å². The molecule has 108 valence electrons. The molecule has 0 aliphatic carbocycles. The highest BCUT2D eigenvalue weighted by Gasteiger charge is 2.15. The second-order valence-electron chi connectivity index (χ2n) is 4.14. The van der Waals surface area contributed by atoms with E-state index in [1.165, 1.54) is 7.05 Å². The van der Waals surface area contributed by atoms with Gasteiger partial charge in [0.2, 0.25) is 5.28 Å². The molecule has 0 saturated heterocycles. The number of hydrogen-bond donors (Lipinski definition) is 3. The zero-order valence-electron chi connectivity index (χ0n) is 11.0. The molecule has 21 heavy (non-hydrogen) atoms. The van der Waals surface area contributed by atoms with E-state index >= 15 is 0 Å². The summed E-state index contributed by atoms with van der Waals surface area (Å²) in [5.74, 6) is 0.985. The van der Waals surface area contributed by atoms with Crippen LogP contribution in [0.2, 0.25) is 5.28 Å². The predicted molar refractivity (Wildman–Crippen MR) is 76.1 cm³/mol. The normalized spacial score (nSPS) is 10.8. The Bertz CT molecular complexity index is 783. The van der Waals surface area contributed by atoms with E-state index in [0.717, 1.165) is 5.76 Å². The first-order valence-electron chi connectivity index (χ1n) is 6.09. The van der Waals surface area contributed by atoms with Crippen molar-refractivity contribution in [1.82, 2.24) is 25.3 Å². The number of halogens is 1. The third-order valence-corrected chi connectivity index (χ3v) is 2.95. The predicted octanol–water partition coefficient (Wildman–Crippen LogP) is 1.57. The molecule has 0 spiro atoms. The number of anilines is 1. The fraction of sp³-hybridized carbons (Fsp3) is 0.167. The molecule has 0 saturated carbocycles. The molecule has 0 aromatic carbocycles. The molecule has 3 N–H and O–H groups in total. The van der Waals surface area contributed by atoms with Crippen LogP contribution in [0.4, 0.5) is 5.82 Å². The van der Waals surface area contributed by atoms with Crippen molar-refractivity contribution >= 4 is 34.5 Å². The number of carbonyl (C=O) groups is 1. The van der Waals surface area contributed by atoms with Crippen LogP contribution in [-0.2, 0) is 6.54 Å². The molecule has 9 heteroatoms. The highest BCUT2D eigenvalue weighted by Crippen LogP contribution is 2.20. The Balaban J connectivity index is 1.96. The van der Waals surface area contributed by atoms with Crippen molar-refractivity contribution in [3.63, 3.8) is 0 Å². The van der Waals surface area contributed by atoms with Crippen LogP contribution in [0.5, 0.6) is 0 Å². The Morgan fingerprint density at radius 3 is 3.00 bits per heavy atom. The van der Waals surface area contributed by atoms with E-state index in [1.807, 2.05) is 6.07 Å². The van der Waals surface area contributed by atoms with Crippen LogP contribution in [0.1, 0.15) is 16.4 Å². The lowest BCUT2D eigenvalue weighted by Gasteiger charge is -2.04. The van der Waals surface area contributed by atoms with Crippen molar-refractivity contribution in [3.05, 3.63) is 35.3 Å². The van der Waals surface area contributed by atoms with Crippen molar-refractivity contribution in [2.45, 2.75) is 6.54 Å². The van der Waals surface area contributed by atoms with Gasteiger partial charge in [0.25, 0.3) is 5.91 Å². The van der Waals surface area contributed by atoms with Gasteiger partial charge in [0.15, 0.2) is 17.3 Å². The van der Waals surface area contributed by atoms with Gasteiger partial charge in [-0.05, 0) is 23.7 Å². The number of furan rings is 1. The maximum atomic E-state index is 11.6. The number of hydrogen-bond acceptors (Lipinski definition) is 6. The SMILES string of the molecule is CNC(=O)c1nc2nc(Cl)nc(NCc3ccco3)c2[nH]1. The summed E-state index contributed by atoms with van der Waals surface area (Å²) >= 11 is 5.87. The van der Waals surface area contributed by atoms with E-state index in [4.69, 9.17) is 16.0 Å². The van der Waals surface area contributed by atoms with Gasteiger partial charge in [-0.1, -0.05) is 0 Å². The topological polar surface area (TPSA) is 109 Å². The van der Waals surface area contributed by atoms with Crippen molar-refractivity contribution in [3.8, 4) is 0 Å². The Kier molecular flexibility index (Phi) is 3.44. The third-order valence-electron chi connectivity index (χ3n) is 2.78. The number of fused-ring (bicyclic) bond motifs is 1. The largest absolute Gasteiger partial charge is 0.467 e. The second-order valence-corrected chi connectivity index (χ2v) is 4.48. The Hall–Kier alpha value is -2.61. The lowest BCUT2D eigenvalue weighted by molar-refractivity contribution is 0.0954. The van der Waals surface area contributed by atoms with Gasteiger partial charge < -0.3 is 20.0 Å². The summed E-state index contributed by atoms with van der Waals surface area (Å²) < 4.78 is 5.23. The minimum absolute atomic E-state index is 0.0411. The molecule has 8 nitrogen and oxygen atoms in total. The Labute approximate surface area is 123 Å². The van der Waals surface area contributed by atoms with Crippen LogP contribution in [-0.4, -0.2) is 32.9 Å². The number of amides is 1. The summed E-state index contributed by atoms with van der Waals surface area (Å²) in [6.07, 6.45) is 1.58. The fourth-order valence-electron chi connectivity index (χ4n) is 1.81. The monoisotopic (exact) mass is 306 g/mol. The number of imidazole rings is 1. The lowest BCUT2D eigenvalue weighted by Crippen LogP contribution is -2.19. The van der Waals surface area contributed by atoms with Gasteiger partial charge in [-0.15, -0.1) is 0 Å². The van der Waals surface area contributed by atoms with Gasteiger partial charge in [-0.25, -0.2) is 4.98 Å². The minimum atomic E-state index is -0.346. The van der Waals surface area contributed by atoms with Crippen LogP contribution < -0.4 is 10.6 Å². The fourth-order valence-corrected chi connectivity index (χ4v) is 1.97. The van der Waals surface area contributed by atoms with Crippen LogP contribution in [0.25, 0.3) is 11.2 Å². The molecule has 0 aliphatic rings. The van der Waals surface area contributed by atoms with Crippen LogP contribution in [0.15, 0.2) is 22.8 Å². The summed E-state index contributed by atoms with van der Waals surface area (Å²) in [7, 11) is 1.52. The number of nitrogens with one attached hydrogen (secondary N) is 3. The van der Waals surface area contributed by atoms with Gasteiger partial charge in [-0.2, -0.15) is 9.97 Å². The molecule has 1 amide bonds. The lowest BCUT2D eigenvalue weighted by atomic mass is 10.4. The summed E-state index contributed by atoms with van der Waals surface area (Å²) in [5, 5.41) is 5.59. The first-order valence-corrected chi connectivity index (χ1v) is 6.46. The number of aromatic nitrogens is 4. The molecule has 0 radical (unpaired) electrons. The average molecular weight is 307 g/mol. The van der Waals surface area contributed by atoms with Crippen molar-refractivity contribution in [2.24, 2.45) is 0 Å². The molecule has 0 fully saturated rings. The first-order chi connectivity index (χ1) is 10.2. The van der Waals surface area contributed by atoms with Crippen molar-refractivity contribution < 1.29 is 9.21 Å². The number of aromatic amines is 1. The summed E-state index contributed by atoms with van der Waals surface area (Å²) in [6, 6.07) is 3.62. The van der Waals surface area contributed by atoms with E-state index < -0.39 is 0 Å². The molecule has 3 rings (SSSR count). The molecule has 3 heterocycles. The van der Waals surface area contributed by atoms with Gasteiger partial charge >= 0.3 is 0 Å². The highest BCUT2D eigenvalue weighted by molar-refractivity contribution is 6.28. The van der Waals surface area contributed by atoms with Crippen LogP contribution in [0.3, 0.4) is 0 Å². The third kappa shape index (κ3) is 2.65. The van der Waals surface area contributed by atoms with Gasteiger partial charge in [0.1, 0.15) is 11.3 Å². The highest BCUT2D eigenvalue weighted by atomic mass is 35.5. The van der Waals surface area contributed by atoms with E-state index in [-0.39, 0.29) is 17.0 Å². The molecular weight excluding hydrogens is 296 g/mol. The molecule has 3 aromatic rings. The maximum absolute atomic E-state index is 11.6. The standard InChI is InChI=1S/C12H11ClN6O2/c1-14-11(20)10-16-7-8(15-5-6-3-2-4-21-6)18-12(13)19-9(7)17-10/h2-4H,5H2,1H3,(H,14,20)(H2,15,16,17,18,19). The molecule has 3 aromatic heterocycles. The number of H-pyrrole nitrogens is 1. The summed E-state index contributed by atoms with van der Waals surface area (Å²) in [4.78, 5) is 26.6. The maximum Gasteiger partial charge on any atom is 0.286 e. The van der Waals surface area contributed by atoms with Crippen molar-refractivity contribution in [1.29, 1.82) is 0 Å². The number of rotatable bonds is 4. The van der Waals surface area contributed by atoms with Gasteiger partial charge in [0.05, 0.1) is 12.8 Å². The zero-order chi connectivity index (χ0) is 14.8. The molecule has 0 bridgehead atoms. The van der Waals surface area contributed by atoms with Crippen molar-refractivity contribution in [2.75, 3.05) is 12.4 Å². The Morgan fingerprint density at radius 2 is 2.29 bits per heavy atom. The Morgan fingerprint density at radius 1 is 1.43 bits per heavy atom. The zero-order valence-corrected chi connectivity index (χ0v) is 11.7. The summed E-state index contributed by atoms with van der Waals surface area (Å²) in [6.45, 7) is 0.420. The average Bonchev–Trinajstić information content (AvgIpc) is 3.12. The minimum Gasteiger partial charge on any atom is -0.467 e. The molecule has 0 unspecified atom stereocenters.